The van der Waals surface area contributed by atoms with Crippen LogP contribution in [-0.2, 0) is 15.9 Å². The monoisotopic (exact) mass is 336 g/mol. The molecule has 2 aliphatic rings. The van der Waals surface area contributed by atoms with Crippen LogP contribution in [0.15, 0.2) is 18.2 Å². The maximum atomic E-state index is 12.6. The van der Waals surface area contributed by atoms with E-state index in [-0.39, 0.29) is 18.2 Å². The van der Waals surface area contributed by atoms with Crippen molar-refractivity contribution in [1.29, 1.82) is 0 Å². The summed E-state index contributed by atoms with van der Waals surface area (Å²) in [6.07, 6.45) is 5.29. The molecule has 1 fully saturated rings. The number of fused-ring (bicyclic) bond motifs is 3. The highest BCUT2D eigenvalue weighted by molar-refractivity contribution is 5.92. The standard InChI is InChI=1S/C19H26O3.CH3F/c1-12-9-16-8-7-15-6-4-5-13(2)18(15)19(20)21-14(3)11-17(10-12)22-16;1-2/h4-6,12,14,16-17H,7-11H2,1-3H3;1H3. The van der Waals surface area contributed by atoms with Gasteiger partial charge in [-0.25, -0.2) is 4.79 Å². The van der Waals surface area contributed by atoms with Crippen molar-refractivity contribution in [3.63, 3.8) is 0 Å². The molecule has 0 N–H and O–H groups in total. The molecule has 1 aromatic rings. The Balaban J connectivity index is 0.00000100. The second-order valence-corrected chi connectivity index (χ2v) is 7.06. The van der Waals surface area contributed by atoms with Crippen LogP contribution in [0.4, 0.5) is 4.39 Å². The van der Waals surface area contributed by atoms with Gasteiger partial charge in [-0.2, -0.15) is 0 Å². The van der Waals surface area contributed by atoms with Gasteiger partial charge in [0.2, 0.25) is 0 Å². The molecule has 2 bridgehead atoms. The minimum atomic E-state index is -0.176. The second-order valence-electron chi connectivity index (χ2n) is 7.06. The van der Waals surface area contributed by atoms with Gasteiger partial charge in [0, 0.05) is 6.42 Å². The predicted octanol–water partition coefficient (Wildman–Crippen LogP) is 4.65. The lowest BCUT2D eigenvalue weighted by atomic mass is 9.88. The molecule has 2 heterocycles. The lowest BCUT2D eigenvalue weighted by Crippen LogP contribution is -2.34. The maximum Gasteiger partial charge on any atom is 0.338 e. The van der Waals surface area contributed by atoms with E-state index in [1.165, 1.54) is 0 Å². The Kier molecular flexibility index (Phi) is 6.79. The zero-order valence-electron chi connectivity index (χ0n) is 15.2. The van der Waals surface area contributed by atoms with Crippen molar-refractivity contribution in [2.45, 2.75) is 71.2 Å². The molecule has 0 amide bonds. The predicted molar refractivity (Wildman–Crippen MR) is 93.1 cm³/mol. The summed E-state index contributed by atoms with van der Waals surface area (Å²) in [5.74, 6) is 0.509. The van der Waals surface area contributed by atoms with Gasteiger partial charge in [0.05, 0.1) is 24.9 Å². The molecule has 1 aromatic carbocycles. The summed E-state index contributed by atoms with van der Waals surface area (Å²) in [6.45, 7) is 6.27. The van der Waals surface area contributed by atoms with Crippen LogP contribution in [0.2, 0.25) is 0 Å². The Morgan fingerprint density at radius 1 is 1.08 bits per heavy atom. The molecule has 0 radical (unpaired) electrons. The number of esters is 1. The van der Waals surface area contributed by atoms with Crippen molar-refractivity contribution in [2.24, 2.45) is 5.92 Å². The summed E-state index contributed by atoms with van der Waals surface area (Å²) >= 11 is 0. The van der Waals surface area contributed by atoms with E-state index in [1.54, 1.807) is 0 Å². The first-order chi connectivity index (χ1) is 11.5. The van der Waals surface area contributed by atoms with Gasteiger partial charge in [0.15, 0.2) is 0 Å². The number of rotatable bonds is 0. The number of cyclic esters (lactones) is 1. The average molecular weight is 336 g/mol. The number of alkyl halides is 1. The van der Waals surface area contributed by atoms with E-state index in [0.29, 0.717) is 19.2 Å². The van der Waals surface area contributed by atoms with Crippen LogP contribution < -0.4 is 0 Å². The number of carbonyl (C=O) groups is 1. The molecule has 3 rings (SSSR count). The van der Waals surface area contributed by atoms with Crippen molar-refractivity contribution < 1.29 is 18.7 Å². The van der Waals surface area contributed by atoms with E-state index in [0.717, 1.165) is 48.8 Å². The summed E-state index contributed by atoms with van der Waals surface area (Å²) < 4.78 is 21.4. The summed E-state index contributed by atoms with van der Waals surface area (Å²) in [5.41, 5.74) is 2.86. The normalized spacial score (nSPS) is 30.1. The fourth-order valence-electron chi connectivity index (χ4n) is 3.92. The molecule has 0 aliphatic carbocycles. The van der Waals surface area contributed by atoms with Crippen LogP contribution in [0.5, 0.6) is 0 Å². The summed E-state index contributed by atoms with van der Waals surface area (Å²) in [5, 5.41) is 0. The van der Waals surface area contributed by atoms with Crippen molar-refractivity contribution in [3.05, 3.63) is 34.9 Å². The van der Waals surface area contributed by atoms with Gasteiger partial charge in [-0.05, 0) is 56.6 Å². The SMILES string of the molecule is CF.Cc1cccc2c1C(=O)OC(C)CC1CC(C)CC(CC2)O1. The minimum Gasteiger partial charge on any atom is -0.459 e. The van der Waals surface area contributed by atoms with Crippen LogP contribution in [0.3, 0.4) is 0 Å². The van der Waals surface area contributed by atoms with Gasteiger partial charge in [-0.3, -0.25) is 4.39 Å². The van der Waals surface area contributed by atoms with Gasteiger partial charge >= 0.3 is 5.97 Å². The fraction of sp³-hybridized carbons (Fsp3) is 0.650. The average Bonchev–Trinajstić information content (AvgIpc) is 2.54. The molecule has 3 nitrogen and oxygen atoms in total. The van der Waals surface area contributed by atoms with E-state index in [2.05, 4.69) is 13.0 Å². The quantitative estimate of drug-likeness (QED) is 0.647. The number of halogens is 1. The summed E-state index contributed by atoms with van der Waals surface area (Å²) in [4.78, 5) is 12.6. The number of aryl methyl sites for hydroxylation is 2. The van der Waals surface area contributed by atoms with Gasteiger partial charge in [0.25, 0.3) is 0 Å². The maximum absolute atomic E-state index is 12.6. The van der Waals surface area contributed by atoms with E-state index in [1.807, 2.05) is 26.0 Å². The third-order valence-corrected chi connectivity index (χ3v) is 4.92. The molecule has 0 saturated carbocycles. The number of hydrogen-bond acceptors (Lipinski definition) is 3. The highest BCUT2D eigenvalue weighted by atomic mass is 19.1. The van der Waals surface area contributed by atoms with Gasteiger partial charge < -0.3 is 9.47 Å². The molecule has 4 heteroatoms. The summed E-state index contributed by atoms with van der Waals surface area (Å²) in [7, 11) is 0.500. The number of carbonyl (C=O) groups excluding carboxylic acids is 1. The van der Waals surface area contributed by atoms with Crippen molar-refractivity contribution in [2.75, 3.05) is 7.18 Å². The Labute approximate surface area is 144 Å². The summed E-state index contributed by atoms with van der Waals surface area (Å²) in [6, 6.07) is 6.06. The molecular formula is C20H29FO3. The zero-order valence-corrected chi connectivity index (χ0v) is 15.2. The van der Waals surface area contributed by atoms with Crippen molar-refractivity contribution in [3.8, 4) is 0 Å². The lowest BCUT2D eigenvalue weighted by Gasteiger charge is -2.34. The molecule has 134 valence electrons. The topological polar surface area (TPSA) is 35.5 Å². The highest BCUT2D eigenvalue weighted by Gasteiger charge is 2.30. The third kappa shape index (κ3) is 4.56. The third-order valence-electron chi connectivity index (χ3n) is 4.92. The Morgan fingerprint density at radius 3 is 2.54 bits per heavy atom. The Bertz CT molecular complexity index is 558. The van der Waals surface area contributed by atoms with Crippen molar-refractivity contribution >= 4 is 5.97 Å². The molecule has 0 spiro atoms. The largest absolute Gasteiger partial charge is 0.459 e. The lowest BCUT2D eigenvalue weighted by molar-refractivity contribution is -0.0863. The van der Waals surface area contributed by atoms with Crippen LogP contribution in [0.1, 0.15) is 61.0 Å². The molecule has 4 atom stereocenters. The first-order valence-corrected chi connectivity index (χ1v) is 8.85. The van der Waals surface area contributed by atoms with Gasteiger partial charge in [0.1, 0.15) is 6.10 Å². The Hall–Kier alpha value is -1.42. The first-order valence-electron chi connectivity index (χ1n) is 8.85. The number of ether oxygens (including phenoxy) is 2. The molecular weight excluding hydrogens is 307 g/mol. The van der Waals surface area contributed by atoms with E-state index in [4.69, 9.17) is 9.47 Å². The van der Waals surface area contributed by atoms with Gasteiger partial charge in [-0.1, -0.05) is 25.1 Å². The van der Waals surface area contributed by atoms with E-state index >= 15 is 0 Å². The molecule has 4 unspecified atom stereocenters. The van der Waals surface area contributed by atoms with Crippen LogP contribution >= 0.6 is 0 Å². The fourth-order valence-corrected chi connectivity index (χ4v) is 3.92. The highest BCUT2D eigenvalue weighted by Crippen LogP contribution is 2.31. The zero-order chi connectivity index (χ0) is 17.7. The van der Waals surface area contributed by atoms with Crippen molar-refractivity contribution in [1.82, 2.24) is 0 Å². The molecule has 2 aliphatic heterocycles. The van der Waals surface area contributed by atoms with Gasteiger partial charge in [-0.15, -0.1) is 0 Å². The van der Waals surface area contributed by atoms with Crippen LogP contribution in [-0.4, -0.2) is 31.5 Å². The molecule has 1 saturated heterocycles. The Morgan fingerprint density at radius 2 is 1.79 bits per heavy atom. The second kappa shape index (κ2) is 8.61. The molecule has 24 heavy (non-hydrogen) atoms. The smallest absolute Gasteiger partial charge is 0.338 e. The van der Waals surface area contributed by atoms with E-state index < -0.39 is 0 Å². The van der Waals surface area contributed by atoms with Crippen LogP contribution in [0, 0.1) is 12.8 Å². The first kappa shape index (κ1) is 18.9. The van der Waals surface area contributed by atoms with E-state index in [9.17, 15) is 9.18 Å². The number of hydrogen-bond donors (Lipinski definition) is 0. The number of benzene rings is 1. The minimum absolute atomic E-state index is 0.103. The van der Waals surface area contributed by atoms with Crippen LogP contribution in [0.25, 0.3) is 0 Å². The molecule has 0 aromatic heterocycles.